The van der Waals surface area contributed by atoms with Gasteiger partial charge in [-0.1, -0.05) is 6.07 Å². The number of carbonyl (C=O) groups excluding carboxylic acids is 3. The van der Waals surface area contributed by atoms with Crippen molar-refractivity contribution in [2.45, 2.75) is 87.3 Å². The molecule has 0 aromatic heterocycles. The number of hydrogen-bond donors (Lipinski definition) is 1. The quantitative estimate of drug-likeness (QED) is 0.109. The van der Waals surface area contributed by atoms with Gasteiger partial charge in [0.25, 0.3) is 32.0 Å². The summed E-state index contributed by atoms with van der Waals surface area (Å²) in [5.41, 5.74) is 7.13. The van der Waals surface area contributed by atoms with Crippen LogP contribution in [0.4, 0.5) is 5.69 Å². The van der Waals surface area contributed by atoms with Gasteiger partial charge in [-0.05, 0) is 87.6 Å². The highest BCUT2D eigenvalue weighted by Gasteiger charge is 2.38. The number of benzene rings is 3. The second-order valence-corrected chi connectivity index (χ2v) is 19.0. The molecular formula is C42H45N4O9S2+. The van der Waals surface area contributed by atoms with E-state index in [1.807, 2.05) is 0 Å². The average molecular weight is 814 g/mol. The molecule has 0 spiro atoms. The number of ether oxygens (including phenoxy) is 1. The van der Waals surface area contributed by atoms with E-state index in [1.54, 1.807) is 0 Å². The van der Waals surface area contributed by atoms with E-state index in [0.29, 0.717) is 34.2 Å². The number of aryl methyl sites for hydroxylation is 2. The van der Waals surface area contributed by atoms with E-state index in [0.717, 1.165) is 128 Å². The molecule has 1 N–H and O–H groups in total. The average Bonchev–Trinajstić information content (AvgIpc) is 3.51. The number of nitrogens with zero attached hydrogens (tertiary/aromatic N) is 4. The summed E-state index contributed by atoms with van der Waals surface area (Å²) in [6.07, 6.45) is 10.6. The van der Waals surface area contributed by atoms with Gasteiger partial charge in [0.1, 0.15) is 29.5 Å². The van der Waals surface area contributed by atoms with Gasteiger partial charge in [-0.15, -0.1) is 0 Å². The van der Waals surface area contributed by atoms with E-state index in [9.17, 15) is 35.8 Å². The van der Waals surface area contributed by atoms with Gasteiger partial charge in [0.2, 0.25) is 11.3 Å². The molecule has 0 aliphatic carbocycles. The fourth-order valence-corrected chi connectivity index (χ4v) is 12.1. The molecule has 3 aromatic rings. The smallest absolute Gasteiger partial charge is 0.295 e. The van der Waals surface area contributed by atoms with E-state index < -0.39 is 47.7 Å². The number of imide groups is 1. The molecule has 298 valence electrons. The molecule has 57 heavy (non-hydrogen) atoms. The topological polar surface area (TPSA) is 162 Å². The predicted molar refractivity (Wildman–Crippen MR) is 211 cm³/mol. The van der Waals surface area contributed by atoms with Crippen LogP contribution in [0.3, 0.4) is 0 Å². The maximum atomic E-state index is 14.1. The number of carbonyl (C=O) groups is 3. The summed E-state index contributed by atoms with van der Waals surface area (Å²) < 4.78 is 76.4. The van der Waals surface area contributed by atoms with Crippen molar-refractivity contribution < 1.29 is 40.5 Å². The van der Waals surface area contributed by atoms with Crippen molar-refractivity contribution in [3.05, 3.63) is 86.4 Å². The number of hydrogen-bond acceptors (Lipinski definition) is 9. The van der Waals surface area contributed by atoms with Gasteiger partial charge in [-0.3, -0.25) is 23.8 Å². The molecule has 3 aromatic carbocycles. The van der Waals surface area contributed by atoms with Crippen molar-refractivity contribution in [2.24, 2.45) is 0 Å². The van der Waals surface area contributed by atoms with Gasteiger partial charge < -0.3 is 9.64 Å². The lowest BCUT2D eigenvalue weighted by atomic mass is 9.82. The normalized spacial score (nSPS) is 18.2. The lowest BCUT2D eigenvalue weighted by molar-refractivity contribution is -0.136. The van der Waals surface area contributed by atoms with E-state index in [-0.39, 0.29) is 25.1 Å². The van der Waals surface area contributed by atoms with E-state index >= 15 is 0 Å². The van der Waals surface area contributed by atoms with Crippen LogP contribution in [0.1, 0.15) is 85.3 Å². The van der Waals surface area contributed by atoms with Crippen molar-refractivity contribution >= 4 is 49.1 Å². The fourth-order valence-electron chi connectivity index (χ4n) is 9.81. The Kier molecular flexibility index (Phi) is 9.39. The van der Waals surface area contributed by atoms with Gasteiger partial charge in [-0.25, -0.2) is 17.3 Å². The maximum absolute atomic E-state index is 14.1. The Hall–Kier alpha value is -4.86. The van der Waals surface area contributed by atoms with Crippen molar-refractivity contribution in [3.8, 4) is 11.5 Å². The lowest BCUT2D eigenvalue weighted by Gasteiger charge is -2.39. The first-order valence-electron chi connectivity index (χ1n) is 19.9. The summed E-state index contributed by atoms with van der Waals surface area (Å²) in [5, 5.41) is 1.91. The van der Waals surface area contributed by atoms with E-state index in [4.69, 9.17) is 4.74 Å². The third-order valence-corrected chi connectivity index (χ3v) is 15.0. The van der Waals surface area contributed by atoms with Crippen LogP contribution >= 0.6 is 0 Å². The van der Waals surface area contributed by atoms with Crippen LogP contribution in [0.5, 0.6) is 11.5 Å². The van der Waals surface area contributed by atoms with Gasteiger partial charge in [0.15, 0.2) is 0 Å². The molecule has 0 bridgehead atoms. The van der Waals surface area contributed by atoms with Crippen LogP contribution in [0.25, 0.3) is 5.57 Å². The van der Waals surface area contributed by atoms with E-state index in [2.05, 4.69) is 21.6 Å². The first-order chi connectivity index (χ1) is 27.3. The first-order valence-corrected chi connectivity index (χ1v) is 22.8. The molecule has 13 nitrogen and oxygen atoms in total. The summed E-state index contributed by atoms with van der Waals surface area (Å²) in [5.74, 6) is -0.204. The van der Waals surface area contributed by atoms with Crippen LogP contribution in [-0.2, 0) is 60.2 Å². The maximum Gasteiger partial charge on any atom is 0.295 e. The highest BCUT2D eigenvalue weighted by molar-refractivity contribution is 7.89. The Morgan fingerprint density at radius 3 is 2.26 bits per heavy atom. The Balaban J connectivity index is 1.17. The van der Waals surface area contributed by atoms with Gasteiger partial charge in [0.05, 0.1) is 10.5 Å². The minimum absolute atomic E-state index is 0.156. The standard InChI is InChI=1S/C42H44N4O9S2/c1-26(47)46(22-4-2-3-21-45-36(48)15-16-37(45)49)56(50,51)29-13-14-30(35(25-29)57(52,53)54)38-33-23-27-9-5-17-43-19-7-11-31(39(27)43)41(33)55-42-32-12-8-20-44-18-6-10-28(40(32)44)24-34(38)42/h13-16,23-25H,2-12,17-22H2,1H3/p+1. The fraction of sp³-hybridized carbons (Fsp3) is 0.429. The highest BCUT2D eigenvalue weighted by atomic mass is 32.2. The molecule has 0 fully saturated rings. The molecule has 6 heterocycles. The number of fused-ring (bicyclic) bond motifs is 4. The zero-order valence-corrected chi connectivity index (χ0v) is 33.5. The number of sulfonamides is 1. The van der Waals surface area contributed by atoms with Crippen LogP contribution in [0.15, 0.2) is 52.3 Å². The molecule has 6 aliphatic rings. The zero-order valence-electron chi connectivity index (χ0n) is 31.9. The van der Waals surface area contributed by atoms with Crippen molar-refractivity contribution in [2.75, 3.05) is 44.2 Å². The summed E-state index contributed by atoms with van der Waals surface area (Å²) in [6.45, 7) is 4.91. The zero-order chi connectivity index (χ0) is 39.8. The van der Waals surface area contributed by atoms with E-state index in [1.165, 1.54) is 35.3 Å². The Bertz CT molecular complexity index is 2660. The molecule has 6 aliphatic heterocycles. The van der Waals surface area contributed by atoms with Crippen LogP contribution in [-0.4, -0.2) is 87.6 Å². The minimum atomic E-state index is -5.03. The SMILES string of the molecule is CC(=O)N(CCCCCN1C(=O)C=CC1=O)S(=O)(=O)c1ccc(C2=c3cc4c5c(c3Oc3c2cc2c6c3CCCN6CCC2)CCC[N+]=5CCC4)c(S(=O)(=O)O)c1. The molecule has 0 saturated carbocycles. The number of unbranched alkanes of at least 4 members (excludes halogenated alkanes) is 2. The summed E-state index contributed by atoms with van der Waals surface area (Å²) in [7, 11) is -9.61. The molecule has 3 amide bonds. The van der Waals surface area contributed by atoms with Gasteiger partial charge >= 0.3 is 0 Å². The number of rotatable bonds is 10. The van der Waals surface area contributed by atoms with Crippen molar-refractivity contribution in [3.63, 3.8) is 0 Å². The lowest BCUT2D eigenvalue weighted by Crippen LogP contribution is -2.45. The molecule has 0 atom stereocenters. The van der Waals surface area contributed by atoms with Crippen LogP contribution in [0.2, 0.25) is 0 Å². The summed E-state index contributed by atoms with van der Waals surface area (Å²) in [4.78, 5) is 39.1. The molecule has 15 heteroatoms. The third-order valence-electron chi connectivity index (χ3n) is 12.3. The second kappa shape index (κ2) is 14.2. The third kappa shape index (κ3) is 6.38. The predicted octanol–water partition coefficient (Wildman–Crippen LogP) is 3.00. The van der Waals surface area contributed by atoms with Crippen molar-refractivity contribution in [1.82, 2.24) is 13.8 Å². The van der Waals surface area contributed by atoms with Crippen LogP contribution < -0.4 is 24.8 Å². The Morgan fingerprint density at radius 1 is 0.825 bits per heavy atom. The molecule has 0 unspecified atom stereocenters. The number of anilines is 1. The Morgan fingerprint density at radius 2 is 1.53 bits per heavy atom. The Labute approximate surface area is 331 Å². The first kappa shape index (κ1) is 37.7. The van der Waals surface area contributed by atoms with Crippen LogP contribution in [0, 0.1) is 0 Å². The summed E-state index contributed by atoms with van der Waals surface area (Å²) >= 11 is 0. The molecular weight excluding hydrogens is 769 g/mol. The van der Waals surface area contributed by atoms with Gasteiger partial charge in [0, 0.05) is 96.8 Å². The number of amides is 3. The molecule has 9 rings (SSSR count). The highest BCUT2D eigenvalue weighted by Crippen LogP contribution is 2.49. The molecule has 0 radical (unpaired) electrons. The largest absolute Gasteiger partial charge is 0.455 e. The van der Waals surface area contributed by atoms with Crippen molar-refractivity contribution in [1.29, 1.82) is 0 Å². The summed E-state index contributed by atoms with van der Waals surface area (Å²) in [6, 6.07) is 7.91. The second-order valence-electron chi connectivity index (χ2n) is 15.8. The minimum Gasteiger partial charge on any atom is -0.455 e. The monoisotopic (exact) mass is 813 g/mol. The van der Waals surface area contributed by atoms with Gasteiger partial charge in [-0.2, -0.15) is 8.42 Å². The molecule has 0 saturated heterocycles.